The zero-order chi connectivity index (χ0) is 11.0. The van der Waals surface area contributed by atoms with E-state index in [9.17, 15) is 4.79 Å². The molecule has 3 nitrogen and oxygen atoms in total. The van der Waals surface area contributed by atoms with E-state index in [1.165, 1.54) is 0 Å². The molecule has 0 bridgehead atoms. The summed E-state index contributed by atoms with van der Waals surface area (Å²) in [4.78, 5) is 18.8. The summed E-state index contributed by atoms with van der Waals surface area (Å²) < 4.78 is 0. The van der Waals surface area contributed by atoms with Gasteiger partial charge in [-0.05, 0) is 24.3 Å². The van der Waals surface area contributed by atoms with Gasteiger partial charge in [0.25, 0.3) is 0 Å². The molecular formula is C13H10N2O. The minimum Gasteiger partial charge on any atom is -0.258 e. The van der Waals surface area contributed by atoms with Crippen LogP contribution in [-0.4, -0.2) is 11.1 Å². The average molecular weight is 210 g/mol. The maximum absolute atomic E-state index is 10.5. The van der Waals surface area contributed by atoms with Gasteiger partial charge < -0.3 is 0 Å². The van der Waals surface area contributed by atoms with Crippen LogP contribution in [0, 0.1) is 0 Å². The Morgan fingerprint density at radius 3 is 2.81 bits per heavy atom. The van der Waals surface area contributed by atoms with Crippen LogP contribution in [0.15, 0.2) is 41.5 Å². The summed E-state index contributed by atoms with van der Waals surface area (Å²) in [6.07, 6.45) is 5.23. The lowest BCUT2D eigenvalue weighted by Gasteiger charge is -2.10. The van der Waals surface area contributed by atoms with Crippen molar-refractivity contribution in [2.45, 2.75) is 18.4 Å². The Labute approximate surface area is 92.8 Å². The molecule has 0 N–H and O–H groups in total. The Bertz CT molecular complexity index is 590. The Kier molecular flexibility index (Phi) is 1.88. The lowest BCUT2D eigenvalue weighted by molar-refractivity contribution is 0.555. The molecule has 0 atom stereocenters. The smallest absolute Gasteiger partial charge is 0.235 e. The molecule has 1 saturated carbocycles. The van der Waals surface area contributed by atoms with Crippen molar-refractivity contribution in [1.29, 1.82) is 0 Å². The number of carbonyl (C=O) groups excluding carboxylic acids is 1. The normalized spacial score (nSPS) is 16.8. The van der Waals surface area contributed by atoms with Gasteiger partial charge in [0.1, 0.15) is 5.54 Å². The molecule has 2 aromatic rings. The van der Waals surface area contributed by atoms with Crippen molar-refractivity contribution in [3.63, 3.8) is 0 Å². The van der Waals surface area contributed by atoms with Crippen LogP contribution in [0.25, 0.3) is 10.8 Å². The number of fused-ring (bicyclic) bond motifs is 1. The molecule has 1 fully saturated rings. The number of aromatic nitrogens is 1. The van der Waals surface area contributed by atoms with Gasteiger partial charge in [0.05, 0.1) is 5.69 Å². The summed E-state index contributed by atoms with van der Waals surface area (Å²) in [5.41, 5.74) is 0.525. The standard InChI is InChI=1S/C13H10N2O/c16-9-15-13(6-7-13)12-11-4-2-1-3-10(11)5-8-14-12/h1-5,8H,6-7H2. The average Bonchev–Trinajstić information content (AvgIpc) is 3.10. The third-order valence-corrected chi connectivity index (χ3v) is 3.10. The van der Waals surface area contributed by atoms with Crippen LogP contribution in [0.3, 0.4) is 0 Å². The molecule has 1 heterocycles. The quantitative estimate of drug-likeness (QED) is 0.564. The number of benzene rings is 1. The van der Waals surface area contributed by atoms with Crippen molar-refractivity contribution in [2.24, 2.45) is 4.99 Å². The predicted octanol–water partition coefficient (Wildman–Crippen LogP) is 2.56. The Balaban J connectivity index is 2.28. The van der Waals surface area contributed by atoms with Gasteiger partial charge in [-0.25, -0.2) is 4.79 Å². The van der Waals surface area contributed by atoms with Crippen LogP contribution in [0.5, 0.6) is 0 Å². The summed E-state index contributed by atoms with van der Waals surface area (Å²) in [6.45, 7) is 0. The first-order valence-corrected chi connectivity index (χ1v) is 5.29. The Morgan fingerprint density at radius 2 is 2.06 bits per heavy atom. The second-order valence-corrected chi connectivity index (χ2v) is 4.12. The van der Waals surface area contributed by atoms with E-state index in [0.717, 1.165) is 29.3 Å². The molecular weight excluding hydrogens is 200 g/mol. The lowest BCUT2D eigenvalue weighted by atomic mass is 10.0. The van der Waals surface area contributed by atoms with Crippen LogP contribution in [0.2, 0.25) is 0 Å². The van der Waals surface area contributed by atoms with Crippen LogP contribution < -0.4 is 0 Å². The van der Waals surface area contributed by atoms with E-state index in [4.69, 9.17) is 0 Å². The maximum Gasteiger partial charge on any atom is 0.235 e. The topological polar surface area (TPSA) is 42.3 Å². The fourth-order valence-electron chi connectivity index (χ4n) is 2.10. The molecule has 3 rings (SSSR count). The van der Waals surface area contributed by atoms with E-state index >= 15 is 0 Å². The van der Waals surface area contributed by atoms with E-state index in [1.807, 2.05) is 30.3 Å². The van der Waals surface area contributed by atoms with Crippen molar-refractivity contribution < 1.29 is 4.79 Å². The largest absolute Gasteiger partial charge is 0.258 e. The highest BCUT2D eigenvalue weighted by Crippen LogP contribution is 2.50. The second-order valence-electron chi connectivity index (χ2n) is 4.12. The fourth-order valence-corrected chi connectivity index (χ4v) is 2.10. The number of pyridine rings is 1. The van der Waals surface area contributed by atoms with E-state index < -0.39 is 0 Å². The Morgan fingerprint density at radius 1 is 1.25 bits per heavy atom. The summed E-state index contributed by atoms with van der Waals surface area (Å²) in [7, 11) is 0. The van der Waals surface area contributed by atoms with Gasteiger partial charge in [0, 0.05) is 11.6 Å². The number of nitrogens with zero attached hydrogens (tertiary/aromatic N) is 2. The SMILES string of the molecule is O=C=NC1(c2nccc3ccccc23)CC1. The van der Waals surface area contributed by atoms with E-state index in [1.54, 1.807) is 12.3 Å². The van der Waals surface area contributed by atoms with Crippen LogP contribution in [0.4, 0.5) is 0 Å². The minimum atomic E-state index is -0.386. The molecule has 1 aliphatic carbocycles. The summed E-state index contributed by atoms with van der Waals surface area (Å²) >= 11 is 0. The van der Waals surface area contributed by atoms with Gasteiger partial charge in [-0.2, -0.15) is 4.99 Å². The fraction of sp³-hybridized carbons (Fsp3) is 0.231. The second kappa shape index (κ2) is 3.26. The molecule has 1 aromatic heterocycles. The summed E-state index contributed by atoms with van der Waals surface area (Å²) in [5, 5.41) is 2.22. The number of hydrogen-bond acceptors (Lipinski definition) is 3. The summed E-state index contributed by atoms with van der Waals surface area (Å²) in [5.74, 6) is 0. The number of isocyanates is 1. The van der Waals surface area contributed by atoms with E-state index in [2.05, 4.69) is 9.98 Å². The first-order valence-electron chi connectivity index (χ1n) is 5.29. The van der Waals surface area contributed by atoms with Crippen molar-refractivity contribution >= 4 is 16.9 Å². The molecule has 1 aromatic carbocycles. The van der Waals surface area contributed by atoms with Crippen molar-refractivity contribution in [2.75, 3.05) is 0 Å². The molecule has 0 amide bonds. The monoisotopic (exact) mass is 210 g/mol. The van der Waals surface area contributed by atoms with Gasteiger partial charge >= 0.3 is 0 Å². The van der Waals surface area contributed by atoms with Crippen molar-refractivity contribution in [3.8, 4) is 0 Å². The highest BCUT2D eigenvalue weighted by Gasteiger charge is 2.47. The molecule has 0 saturated heterocycles. The zero-order valence-corrected chi connectivity index (χ0v) is 8.68. The highest BCUT2D eigenvalue weighted by molar-refractivity contribution is 5.85. The maximum atomic E-state index is 10.5. The zero-order valence-electron chi connectivity index (χ0n) is 8.68. The summed E-state index contributed by atoms with van der Waals surface area (Å²) in [6, 6.07) is 10.0. The Hall–Kier alpha value is -1.99. The first kappa shape index (κ1) is 9.25. The van der Waals surface area contributed by atoms with Crippen molar-refractivity contribution in [3.05, 3.63) is 42.2 Å². The van der Waals surface area contributed by atoms with E-state index in [-0.39, 0.29) is 5.54 Å². The third kappa shape index (κ3) is 1.26. The molecule has 1 aliphatic rings. The highest BCUT2D eigenvalue weighted by atomic mass is 16.1. The van der Waals surface area contributed by atoms with Crippen LogP contribution in [-0.2, 0) is 10.3 Å². The third-order valence-electron chi connectivity index (χ3n) is 3.10. The van der Waals surface area contributed by atoms with Gasteiger partial charge in [0.15, 0.2) is 0 Å². The number of rotatable bonds is 2. The van der Waals surface area contributed by atoms with Crippen LogP contribution in [0.1, 0.15) is 18.5 Å². The predicted molar refractivity (Wildman–Crippen MR) is 60.8 cm³/mol. The van der Waals surface area contributed by atoms with Gasteiger partial charge in [-0.15, -0.1) is 0 Å². The van der Waals surface area contributed by atoms with Crippen molar-refractivity contribution in [1.82, 2.24) is 4.98 Å². The number of hydrogen-bond donors (Lipinski definition) is 0. The molecule has 0 spiro atoms. The molecule has 16 heavy (non-hydrogen) atoms. The molecule has 0 unspecified atom stereocenters. The van der Waals surface area contributed by atoms with Gasteiger partial charge in [0.2, 0.25) is 6.08 Å². The van der Waals surface area contributed by atoms with Gasteiger partial charge in [-0.3, -0.25) is 4.98 Å². The molecule has 3 heteroatoms. The molecule has 0 radical (unpaired) electrons. The van der Waals surface area contributed by atoms with E-state index in [0.29, 0.717) is 0 Å². The van der Waals surface area contributed by atoms with Gasteiger partial charge in [-0.1, -0.05) is 24.3 Å². The van der Waals surface area contributed by atoms with Crippen LogP contribution >= 0.6 is 0 Å². The number of aliphatic imine (C=N–C) groups is 1. The molecule has 0 aliphatic heterocycles. The minimum absolute atomic E-state index is 0.386. The lowest BCUT2D eigenvalue weighted by Crippen LogP contribution is -2.05. The first-order chi connectivity index (χ1) is 7.86. The molecule has 78 valence electrons.